The predicted molar refractivity (Wildman–Crippen MR) is 73.7 cm³/mol. The summed E-state index contributed by atoms with van der Waals surface area (Å²) in [4.78, 5) is 0. The summed E-state index contributed by atoms with van der Waals surface area (Å²) in [6.07, 6.45) is 1.05. The van der Waals surface area contributed by atoms with Crippen molar-refractivity contribution >= 4 is 23.2 Å². The molecule has 0 aromatic heterocycles. The zero-order valence-electron chi connectivity index (χ0n) is 10.3. The first-order valence-corrected chi connectivity index (χ1v) is 6.78. The van der Waals surface area contributed by atoms with Crippen molar-refractivity contribution in [2.24, 2.45) is 5.92 Å². The highest BCUT2D eigenvalue weighted by molar-refractivity contribution is 6.37. The molecule has 1 aromatic carbocycles. The Morgan fingerprint density at radius 2 is 2.11 bits per heavy atom. The van der Waals surface area contributed by atoms with Crippen LogP contribution in [0.5, 0.6) is 5.75 Å². The SMILES string of the molecule is COC[C@H](Oc1c(Cl)cccc1Cl)C1CCNC1. The van der Waals surface area contributed by atoms with Crippen molar-refractivity contribution in [3.63, 3.8) is 0 Å². The third-order valence-electron chi connectivity index (χ3n) is 3.14. The molecule has 1 aromatic rings. The zero-order chi connectivity index (χ0) is 13.0. The number of halogens is 2. The average Bonchev–Trinajstić information content (AvgIpc) is 2.86. The number of ether oxygens (including phenoxy) is 2. The predicted octanol–water partition coefficient (Wildman–Crippen LogP) is 3.00. The van der Waals surface area contributed by atoms with Gasteiger partial charge in [-0.15, -0.1) is 0 Å². The van der Waals surface area contributed by atoms with E-state index in [0.29, 0.717) is 28.3 Å². The maximum atomic E-state index is 6.11. The Kier molecular flexibility index (Phi) is 5.13. The molecule has 1 unspecified atom stereocenters. The summed E-state index contributed by atoms with van der Waals surface area (Å²) in [7, 11) is 1.67. The normalized spacial score (nSPS) is 20.9. The molecule has 0 amide bonds. The Morgan fingerprint density at radius 1 is 1.39 bits per heavy atom. The van der Waals surface area contributed by atoms with Gasteiger partial charge in [0.25, 0.3) is 0 Å². The van der Waals surface area contributed by atoms with Crippen molar-refractivity contribution in [3.05, 3.63) is 28.2 Å². The highest BCUT2D eigenvalue weighted by atomic mass is 35.5. The molecule has 0 bridgehead atoms. The number of nitrogens with one attached hydrogen (secondary N) is 1. The van der Waals surface area contributed by atoms with Crippen molar-refractivity contribution in [2.75, 3.05) is 26.8 Å². The van der Waals surface area contributed by atoms with Crippen LogP contribution in [0.1, 0.15) is 6.42 Å². The number of hydrogen-bond acceptors (Lipinski definition) is 3. The molecule has 5 heteroatoms. The van der Waals surface area contributed by atoms with Gasteiger partial charge >= 0.3 is 0 Å². The first-order valence-electron chi connectivity index (χ1n) is 6.02. The number of methoxy groups -OCH3 is 1. The number of hydrogen-bond donors (Lipinski definition) is 1. The lowest BCUT2D eigenvalue weighted by molar-refractivity contribution is 0.0484. The van der Waals surface area contributed by atoms with Gasteiger partial charge < -0.3 is 14.8 Å². The highest BCUT2D eigenvalue weighted by Crippen LogP contribution is 2.34. The second-order valence-electron chi connectivity index (χ2n) is 4.42. The van der Waals surface area contributed by atoms with Crippen LogP contribution in [0.15, 0.2) is 18.2 Å². The van der Waals surface area contributed by atoms with Crippen LogP contribution in [-0.2, 0) is 4.74 Å². The molecule has 100 valence electrons. The van der Waals surface area contributed by atoms with Gasteiger partial charge in [0.05, 0.1) is 16.7 Å². The van der Waals surface area contributed by atoms with E-state index in [4.69, 9.17) is 32.7 Å². The molecule has 1 heterocycles. The van der Waals surface area contributed by atoms with Gasteiger partial charge in [-0.1, -0.05) is 29.3 Å². The fourth-order valence-corrected chi connectivity index (χ4v) is 2.66. The van der Waals surface area contributed by atoms with Crippen molar-refractivity contribution < 1.29 is 9.47 Å². The van der Waals surface area contributed by atoms with Crippen LogP contribution in [0, 0.1) is 5.92 Å². The molecule has 0 saturated carbocycles. The molecule has 18 heavy (non-hydrogen) atoms. The van der Waals surface area contributed by atoms with E-state index < -0.39 is 0 Å². The van der Waals surface area contributed by atoms with Gasteiger partial charge in [0, 0.05) is 19.6 Å². The quantitative estimate of drug-likeness (QED) is 0.904. The van der Waals surface area contributed by atoms with Gasteiger partial charge in [0.1, 0.15) is 6.10 Å². The lowest BCUT2D eigenvalue weighted by Crippen LogP contribution is -2.33. The van der Waals surface area contributed by atoms with E-state index in [1.165, 1.54) is 0 Å². The second kappa shape index (κ2) is 6.62. The molecule has 0 radical (unpaired) electrons. The third kappa shape index (κ3) is 3.29. The van der Waals surface area contributed by atoms with Crippen molar-refractivity contribution in [1.29, 1.82) is 0 Å². The fourth-order valence-electron chi connectivity index (χ4n) is 2.17. The first-order chi connectivity index (χ1) is 8.72. The van der Waals surface area contributed by atoms with Gasteiger partial charge in [-0.2, -0.15) is 0 Å². The van der Waals surface area contributed by atoms with Crippen LogP contribution in [0.3, 0.4) is 0 Å². The smallest absolute Gasteiger partial charge is 0.157 e. The fraction of sp³-hybridized carbons (Fsp3) is 0.538. The summed E-state index contributed by atoms with van der Waals surface area (Å²) in [5.74, 6) is 0.979. The van der Waals surface area contributed by atoms with Gasteiger partial charge in [-0.3, -0.25) is 0 Å². The van der Waals surface area contributed by atoms with E-state index in [9.17, 15) is 0 Å². The van der Waals surface area contributed by atoms with Crippen LogP contribution in [0.4, 0.5) is 0 Å². The minimum absolute atomic E-state index is 0.0256. The molecule has 0 aliphatic carbocycles. The van der Waals surface area contributed by atoms with Crippen molar-refractivity contribution in [1.82, 2.24) is 5.32 Å². The average molecular weight is 290 g/mol. The monoisotopic (exact) mass is 289 g/mol. The summed E-state index contributed by atoms with van der Waals surface area (Å²) in [5, 5.41) is 4.40. The second-order valence-corrected chi connectivity index (χ2v) is 5.23. The number of para-hydroxylation sites is 1. The van der Waals surface area contributed by atoms with Gasteiger partial charge in [-0.05, 0) is 25.1 Å². The first kappa shape index (κ1) is 13.9. The molecule has 1 aliphatic heterocycles. The van der Waals surface area contributed by atoms with E-state index in [0.717, 1.165) is 19.5 Å². The molecular weight excluding hydrogens is 273 g/mol. The zero-order valence-corrected chi connectivity index (χ0v) is 11.8. The van der Waals surface area contributed by atoms with E-state index in [-0.39, 0.29) is 6.10 Å². The van der Waals surface area contributed by atoms with Crippen LogP contribution in [0.25, 0.3) is 0 Å². The maximum Gasteiger partial charge on any atom is 0.157 e. The van der Waals surface area contributed by atoms with Gasteiger partial charge in [-0.25, -0.2) is 0 Å². The van der Waals surface area contributed by atoms with Crippen LogP contribution < -0.4 is 10.1 Å². The van der Waals surface area contributed by atoms with Crippen molar-refractivity contribution in [2.45, 2.75) is 12.5 Å². The van der Waals surface area contributed by atoms with E-state index in [2.05, 4.69) is 5.32 Å². The molecule has 3 nitrogen and oxygen atoms in total. The summed E-state index contributed by atoms with van der Waals surface area (Å²) < 4.78 is 11.2. The maximum absolute atomic E-state index is 6.11. The molecule has 1 N–H and O–H groups in total. The Labute approximate surface area is 117 Å². The molecule has 1 saturated heterocycles. The Morgan fingerprint density at radius 3 is 2.67 bits per heavy atom. The summed E-state index contributed by atoms with van der Waals surface area (Å²) in [5.41, 5.74) is 0. The molecule has 1 aliphatic rings. The van der Waals surface area contributed by atoms with Gasteiger partial charge in [0.15, 0.2) is 5.75 Å². The van der Waals surface area contributed by atoms with Crippen LogP contribution >= 0.6 is 23.2 Å². The Hall–Kier alpha value is -0.480. The molecule has 0 spiro atoms. The minimum Gasteiger partial charge on any atom is -0.485 e. The molecular formula is C13H17Cl2NO2. The summed E-state index contributed by atoms with van der Waals surface area (Å²) in [6, 6.07) is 5.36. The highest BCUT2D eigenvalue weighted by Gasteiger charge is 2.27. The molecule has 1 fully saturated rings. The van der Waals surface area contributed by atoms with E-state index >= 15 is 0 Å². The lowest BCUT2D eigenvalue weighted by Gasteiger charge is -2.24. The Bertz CT molecular complexity index is 374. The largest absolute Gasteiger partial charge is 0.485 e. The topological polar surface area (TPSA) is 30.5 Å². The molecule has 2 rings (SSSR count). The molecule has 2 atom stereocenters. The van der Waals surface area contributed by atoms with Crippen LogP contribution in [0.2, 0.25) is 10.0 Å². The van der Waals surface area contributed by atoms with Crippen LogP contribution in [-0.4, -0.2) is 32.9 Å². The standard InChI is InChI=1S/C13H17Cl2NO2/c1-17-8-12(9-5-6-16-7-9)18-13-10(14)3-2-4-11(13)15/h2-4,9,12,16H,5-8H2,1H3/t9?,12-/m0/s1. The number of rotatable bonds is 5. The van der Waals surface area contributed by atoms with Crippen molar-refractivity contribution in [3.8, 4) is 5.75 Å². The Balaban J connectivity index is 2.12. The summed E-state index contributed by atoms with van der Waals surface area (Å²) in [6.45, 7) is 2.49. The third-order valence-corrected chi connectivity index (χ3v) is 3.74. The lowest BCUT2D eigenvalue weighted by atomic mass is 10.0. The van der Waals surface area contributed by atoms with E-state index in [1.54, 1.807) is 25.3 Å². The number of benzene rings is 1. The van der Waals surface area contributed by atoms with E-state index in [1.807, 2.05) is 0 Å². The minimum atomic E-state index is -0.0256. The summed E-state index contributed by atoms with van der Waals surface area (Å²) >= 11 is 12.2. The van der Waals surface area contributed by atoms with Gasteiger partial charge in [0.2, 0.25) is 0 Å².